The number of allylic oxidation sites excluding steroid dienone is 1. The Labute approximate surface area is 82.6 Å². The number of rotatable bonds is 4. The summed E-state index contributed by atoms with van der Waals surface area (Å²) in [5.41, 5.74) is 0.645. The van der Waals surface area contributed by atoms with Crippen LogP contribution in [0.25, 0.3) is 6.08 Å². The smallest absolute Gasteiger partial charge is 0.165 e. The summed E-state index contributed by atoms with van der Waals surface area (Å²) in [5.74, 6) is 0.524. The second-order valence-corrected chi connectivity index (χ2v) is 2.70. The highest BCUT2D eigenvalue weighted by Gasteiger charge is 2.03. The lowest BCUT2D eigenvalue weighted by Crippen LogP contribution is -1.84. The fourth-order valence-electron chi connectivity index (χ4n) is 1.09. The van der Waals surface area contributed by atoms with Crippen LogP contribution >= 0.6 is 0 Å². The van der Waals surface area contributed by atoms with Crippen molar-refractivity contribution >= 4 is 12.4 Å². The van der Waals surface area contributed by atoms with E-state index in [1.807, 2.05) is 0 Å². The predicted octanol–water partition coefficient (Wildman–Crippen LogP) is 2.00. The highest BCUT2D eigenvalue weighted by molar-refractivity contribution is 5.64. The molecule has 0 aliphatic carbocycles. The highest BCUT2D eigenvalue weighted by atomic mass is 16.5. The standard InChI is InChI=1S/C11H12O3/c1-14-10-7-4-6-9(11(10)13)5-2-3-8-12/h2,4-8,13H,3H2,1H3. The predicted molar refractivity (Wildman–Crippen MR) is 54.4 cm³/mol. The molecule has 3 nitrogen and oxygen atoms in total. The van der Waals surface area contributed by atoms with E-state index in [2.05, 4.69) is 0 Å². The largest absolute Gasteiger partial charge is 0.504 e. The van der Waals surface area contributed by atoms with Crippen LogP contribution in [0.5, 0.6) is 11.5 Å². The van der Waals surface area contributed by atoms with Gasteiger partial charge in [-0.25, -0.2) is 0 Å². The van der Waals surface area contributed by atoms with Crippen LogP contribution in [0, 0.1) is 0 Å². The zero-order valence-corrected chi connectivity index (χ0v) is 7.93. The molecule has 0 atom stereocenters. The van der Waals surface area contributed by atoms with Gasteiger partial charge in [-0.2, -0.15) is 0 Å². The van der Waals surface area contributed by atoms with Gasteiger partial charge in [0, 0.05) is 12.0 Å². The number of hydrogen-bond acceptors (Lipinski definition) is 3. The van der Waals surface area contributed by atoms with Crippen LogP contribution in [-0.4, -0.2) is 18.5 Å². The van der Waals surface area contributed by atoms with E-state index in [0.29, 0.717) is 17.7 Å². The van der Waals surface area contributed by atoms with Gasteiger partial charge >= 0.3 is 0 Å². The molecule has 14 heavy (non-hydrogen) atoms. The molecular weight excluding hydrogens is 180 g/mol. The van der Waals surface area contributed by atoms with Crippen molar-refractivity contribution in [1.82, 2.24) is 0 Å². The second kappa shape index (κ2) is 5.07. The second-order valence-electron chi connectivity index (χ2n) is 2.70. The number of carbonyl (C=O) groups excluding carboxylic acids is 1. The number of phenolic OH excluding ortho intramolecular Hbond substituents is 1. The third kappa shape index (κ3) is 2.36. The van der Waals surface area contributed by atoms with Crippen LogP contribution in [0.2, 0.25) is 0 Å². The summed E-state index contributed by atoms with van der Waals surface area (Å²) in [7, 11) is 1.49. The first-order valence-electron chi connectivity index (χ1n) is 4.25. The lowest BCUT2D eigenvalue weighted by molar-refractivity contribution is -0.107. The molecule has 1 aromatic rings. The van der Waals surface area contributed by atoms with Gasteiger partial charge in [0.15, 0.2) is 11.5 Å². The number of hydrogen-bond donors (Lipinski definition) is 1. The van der Waals surface area contributed by atoms with Crippen LogP contribution in [0.4, 0.5) is 0 Å². The Morgan fingerprint density at radius 1 is 1.50 bits per heavy atom. The molecule has 1 N–H and O–H groups in total. The average molecular weight is 192 g/mol. The Hall–Kier alpha value is -1.77. The van der Waals surface area contributed by atoms with E-state index in [1.165, 1.54) is 7.11 Å². The van der Waals surface area contributed by atoms with E-state index in [4.69, 9.17) is 4.74 Å². The number of benzene rings is 1. The van der Waals surface area contributed by atoms with E-state index in [-0.39, 0.29) is 5.75 Å². The first kappa shape index (κ1) is 10.3. The molecule has 0 fully saturated rings. The van der Waals surface area contributed by atoms with E-state index in [9.17, 15) is 9.90 Å². The molecule has 74 valence electrons. The zero-order valence-electron chi connectivity index (χ0n) is 7.93. The Bertz CT molecular complexity index is 342. The van der Waals surface area contributed by atoms with Gasteiger partial charge in [-0.15, -0.1) is 0 Å². The van der Waals surface area contributed by atoms with Crippen LogP contribution in [0.1, 0.15) is 12.0 Å². The third-order valence-corrected chi connectivity index (χ3v) is 1.78. The van der Waals surface area contributed by atoms with Crippen molar-refractivity contribution in [3.63, 3.8) is 0 Å². The average Bonchev–Trinajstić information content (AvgIpc) is 2.21. The number of phenols is 1. The molecule has 1 rings (SSSR count). The van der Waals surface area contributed by atoms with Gasteiger partial charge in [-0.1, -0.05) is 24.3 Å². The molecule has 0 bridgehead atoms. The Morgan fingerprint density at radius 3 is 2.93 bits per heavy atom. The highest BCUT2D eigenvalue weighted by Crippen LogP contribution is 2.30. The molecule has 0 heterocycles. The number of aromatic hydroxyl groups is 1. The molecule has 0 spiro atoms. The summed E-state index contributed by atoms with van der Waals surface area (Å²) in [6.07, 6.45) is 4.51. The van der Waals surface area contributed by atoms with Crippen molar-refractivity contribution in [1.29, 1.82) is 0 Å². The lowest BCUT2D eigenvalue weighted by Gasteiger charge is -2.04. The summed E-state index contributed by atoms with van der Waals surface area (Å²) >= 11 is 0. The first-order valence-corrected chi connectivity index (χ1v) is 4.25. The minimum Gasteiger partial charge on any atom is -0.504 e. The molecule has 0 aliphatic rings. The van der Waals surface area contributed by atoms with Crippen LogP contribution in [0.15, 0.2) is 24.3 Å². The maximum absolute atomic E-state index is 10.1. The Morgan fingerprint density at radius 2 is 2.29 bits per heavy atom. The molecule has 0 saturated heterocycles. The van der Waals surface area contributed by atoms with Crippen molar-refractivity contribution in [3.05, 3.63) is 29.8 Å². The molecule has 0 saturated carbocycles. The minimum absolute atomic E-state index is 0.0946. The number of para-hydroxylation sites is 1. The van der Waals surface area contributed by atoms with Gasteiger partial charge in [-0.05, 0) is 6.07 Å². The van der Waals surface area contributed by atoms with Gasteiger partial charge in [0.25, 0.3) is 0 Å². The normalized spacial score (nSPS) is 10.4. The van der Waals surface area contributed by atoms with E-state index in [0.717, 1.165) is 6.29 Å². The van der Waals surface area contributed by atoms with Gasteiger partial charge in [0.05, 0.1) is 7.11 Å². The van der Waals surface area contributed by atoms with Crippen LogP contribution in [0.3, 0.4) is 0 Å². The number of carbonyl (C=O) groups is 1. The quantitative estimate of drug-likeness (QED) is 0.742. The minimum atomic E-state index is 0.0946. The Kier molecular flexibility index (Phi) is 3.73. The van der Waals surface area contributed by atoms with Crippen molar-refractivity contribution in [2.45, 2.75) is 6.42 Å². The van der Waals surface area contributed by atoms with Crippen molar-refractivity contribution < 1.29 is 14.6 Å². The van der Waals surface area contributed by atoms with E-state index < -0.39 is 0 Å². The maximum atomic E-state index is 10.1. The summed E-state index contributed by atoms with van der Waals surface area (Å²) in [6, 6.07) is 5.20. The fourth-order valence-corrected chi connectivity index (χ4v) is 1.09. The van der Waals surface area contributed by atoms with Crippen molar-refractivity contribution in [2.24, 2.45) is 0 Å². The van der Waals surface area contributed by atoms with Crippen molar-refractivity contribution in [3.8, 4) is 11.5 Å². The van der Waals surface area contributed by atoms with E-state index in [1.54, 1.807) is 30.4 Å². The third-order valence-electron chi connectivity index (χ3n) is 1.78. The molecule has 3 heteroatoms. The topological polar surface area (TPSA) is 46.5 Å². The van der Waals surface area contributed by atoms with Gasteiger partial charge in [0.1, 0.15) is 6.29 Å². The molecule has 0 unspecified atom stereocenters. The molecule has 0 aliphatic heterocycles. The van der Waals surface area contributed by atoms with Crippen LogP contribution < -0.4 is 4.74 Å². The molecule has 0 radical (unpaired) electrons. The zero-order chi connectivity index (χ0) is 10.4. The monoisotopic (exact) mass is 192 g/mol. The number of aldehydes is 1. The van der Waals surface area contributed by atoms with Gasteiger partial charge in [-0.3, -0.25) is 0 Å². The fraction of sp³-hybridized carbons (Fsp3) is 0.182. The SMILES string of the molecule is COc1cccc(C=CCC=O)c1O. The first-order chi connectivity index (χ1) is 6.79. The lowest BCUT2D eigenvalue weighted by atomic mass is 10.1. The van der Waals surface area contributed by atoms with Crippen LogP contribution in [-0.2, 0) is 4.79 Å². The van der Waals surface area contributed by atoms with Gasteiger partial charge < -0.3 is 14.6 Å². The molecule has 0 amide bonds. The number of ether oxygens (including phenoxy) is 1. The summed E-state index contributed by atoms with van der Waals surface area (Å²) in [6.45, 7) is 0. The van der Waals surface area contributed by atoms with E-state index >= 15 is 0 Å². The van der Waals surface area contributed by atoms with Gasteiger partial charge in [0.2, 0.25) is 0 Å². The molecule has 0 aromatic heterocycles. The number of methoxy groups -OCH3 is 1. The maximum Gasteiger partial charge on any atom is 0.165 e. The molecule has 1 aromatic carbocycles. The van der Waals surface area contributed by atoms with Crippen molar-refractivity contribution in [2.75, 3.05) is 7.11 Å². The summed E-state index contributed by atoms with van der Waals surface area (Å²) in [5, 5.41) is 9.62. The summed E-state index contributed by atoms with van der Waals surface area (Å²) in [4.78, 5) is 10.1. The Balaban J connectivity index is 2.91. The molecular formula is C11H12O3. The summed E-state index contributed by atoms with van der Waals surface area (Å²) < 4.78 is 4.94.